The number of aliphatic hydroxyl groups excluding tert-OH is 1. The SMILES string of the molecule is CC(O)CCSc1ccc(Br)cc1. The van der Waals surface area contributed by atoms with Gasteiger partial charge >= 0.3 is 0 Å². The van der Waals surface area contributed by atoms with E-state index in [9.17, 15) is 0 Å². The van der Waals surface area contributed by atoms with Gasteiger partial charge in [-0.2, -0.15) is 0 Å². The van der Waals surface area contributed by atoms with Gasteiger partial charge in [0.25, 0.3) is 0 Å². The maximum Gasteiger partial charge on any atom is 0.0520 e. The van der Waals surface area contributed by atoms with Gasteiger partial charge in [0.1, 0.15) is 0 Å². The van der Waals surface area contributed by atoms with Crippen LogP contribution in [0.4, 0.5) is 0 Å². The summed E-state index contributed by atoms with van der Waals surface area (Å²) in [6.45, 7) is 1.82. The fraction of sp³-hybridized carbons (Fsp3) is 0.400. The molecule has 0 amide bonds. The Morgan fingerprint density at radius 3 is 2.54 bits per heavy atom. The van der Waals surface area contributed by atoms with Gasteiger partial charge in [0.2, 0.25) is 0 Å². The van der Waals surface area contributed by atoms with Crippen molar-refractivity contribution >= 4 is 27.7 Å². The van der Waals surface area contributed by atoms with Crippen LogP contribution in [0.2, 0.25) is 0 Å². The maximum atomic E-state index is 9.05. The molecule has 0 saturated carbocycles. The fourth-order valence-electron chi connectivity index (χ4n) is 0.878. The molecule has 1 atom stereocenters. The first-order valence-corrected chi connectivity index (χ1v) is 6.03. The highest BCUT2D eigenvalue weighted by Crippen LogP contribution is 2.21. The smallest absolute Gasteiger partial charge is 0.0520 e. The molecular weight excluding hydrogens is 248 g/mol. The summed E-state index contributed by atoms with van der Waals surface area (Å²) in [5, 5.41) is 9.05. The van der Waals surface area contributed by atoms with Crippen molar-refractivity contribution in [2.24, 2.45) is 0 Å². The normalized spacial score (nSPS) is 12.8. The highest BCUT2D eigenvalue weighted by molar-refractivity contribution is 9.10. The van der Waals surface area contributed by atoms with E-state index < -0.39 is 0 Å². The molecule has 13 heavy (non-hydrogen) atoms. The van der Waals surface area contributed by atoms with Crippen LogP contribution in [0.15, 0.2) is 33.6 Å². The first-order valence-electron chi connectivity index (χ1n) is 4.25. The van der Waals surface area contributed by atoms with Gasteiger partial charge in [-0.25, -0.2) is 0 Å². The molecule has 1 aromatic carbocycles. The molecule has 3 heteroatoms. The highest BCUT2D eigenvalue weighted by atomic mass is 79.9. The van der Waals surface area contributed by atoms with Crippen LogP contribution in [-0.4, -0.2) is 17.0 Å². The third-order valence-electron chi connectivity index (χ3n) is 1.62. The Hall–Kier alpha value is 0.01000. The fourth-order valence-corrected chi connectivity index (χ4v) is 2.17. The number of benzene rings is 1. The molecule has 0 heterocycles. The van der Waals surface area contributed by atoms with Crippen molar-refractivity contribution in [1.29, 1.82) is 0 Å². The van der Waals surface area contributed by atoms with Crippen LogP contribution < -0.4 is 0 Å². The van der Waals surface area contributed by atoms with Crippen LogP contribution in [-0.2, 0) is 0 Å². The molecule has 72 valence electrons. The Labute approximate surface area is 91.7 Å². The molecule has 0 aliphatic heterocycles. The van der Waals surface area contributed by atoms with E-state index in [4.69, 9.17) is 5.11 Å². The zero-order valence-corrected chi connectivity index (χ0v) is 9.94. The Morgan fingerprint density at radius 1 is 1.38 bits per heavy atom. The molecule has 1 unspecified atom stereocenters. The largest absolute Gasteiger partial charge is 0.393 e. The zero-order chi connectivity index (χ0) is 9.68. The van der Waals surface area contributed by atoms with Crippen molar-refractivity contribution in [3.05, 3.63) is 28.7 Å². The van der Waals surface area contributed by atoms with E-state index >= 15 is 0 Å². The van der Waals surface area contributed by atoms with E-state index in [0.29, 0.717) is 0 Å². The third-order valence-corrected chi connectivity index (χ3v) is 3.19. The van der Waals surface area contributed by atoms with Crippen molar-refractivity contribution in [1.82, 2.24) is 0 Å². The molecule has 1 nitrogen and oxygen atoms in total. The number of hydrogen-bond acceptors (Lipinski definition) is 2. The molecule has 0 spiro atoms. The average molecular weight is 261 g/mol. The molecule has 0 aliphatic rings. The summed E-state index contributed by atoms with van der Waals surface area (Å²) in [6, 6.07) is 8.23. The van der Waals surface area contributed by atoms with Gasteiger partial charge < -0.3 is 5.11 Å². The van der Waals surface area contributed by atoms with Crippen LogP contribution >= 0.6 is 27.7 Å². The molecule has 0 fully saturated rings. The Balaban J connectivity index is 2.33. The van der Waals surface area contributed by atoms with E-state index in [2.05, 4.69) is 28.1 Å². The van der Waals surface area contributed by atoms with Gasteiger partial charge in [0.15, 0.2) is 0 Å². The van der Waals surface area contributed by atoms with Crippen LogP contribution in [0, 0.1) is 0 Å². The molecule has 1 rings (SSSR count). The van der Waals surface area contributed by atoms with E-state index in [1.165, 1.54) is 4.90 Å². The van der Waals surface area contributed by atoms with Crippen molar-refractivity contribution in [2.75, 3.05) is 5.75 Å². The summed E-state index contributed by atoms with van der Waals surface area (Å²) < 4.78 is 1.10. The molecular formula is C10H13BrOS. The van der Waals surface area contributed by atoms with Crippen LogP contribution in [0.25, 0.3) is 0 Å². The second-order valence-electron chi connectivity index (χ2n) is 2.94. The van der Waals surface area contributed by atoms with Crippen molar-refractivity contribution in [3.8, 4) is 0 Å². The summed E-state index contributed by atoms with van der Waals surface area (Å²) in [4.78, 5) is 1.25. The quantitative estimate of drug-likeness (QED) is 0.839. The summed E-state index contributed by atoms with van der Waals surface area (Å²) in [6.07, 6.45) is 0.656. The highest BCUT2D eigenvalue weighted by Gasteiger charge is 1.97. The minimum atomic E-state index is -0.192. The van der Waals surface area contributed by atoms with Crippen molar-refractivity contribution < 1.29 is 5.11 Å². The molecule has 0 bridgehead atoms. The molecule has 0 aromatic heterocycles. The first-order chi connectivity index (χ1) is 6.18. The lowest BCUT2D eigenvalue weighted by molar-refractivity contribution is 0.192. The van der Waals surface area contributed by atoms with E-state index in [0.717, 1.165) is 16.6 Å². The predicted molar refractivity (Wildman–Crippen MR) is 61.2 cm³/mol. The predicted octanol–water partition coefficient (Wildman–Crippen LogP) is 3.31. The van der Waals surface area contributed by atoms with Crippen molar-refractivity contribution in [3.63, 3.8) is 0 Å². The van der Waals surface area contributed by atoms with E-state index in [1.807, 2.05) is 19.1 Å². The van der Waals surface area contributed by atoms with Crippen molar-refractivity contribution in [2.45, 2.75) is 24.3 Å². The van der Waals surface area contributed by atoms with Gasteiger partial charge in [0.05, 0.1) is 6.10 Å². The summed E-state index contributed by atoms with van der Waals surface area (Å²) in [5.41, 5.74) is 0. The number of hydrogen-bond donors (Lipinski definition) is 1. The van der Waals surface area contributed by atoms with Gasteiger partial charge in [-0.3, -0.25) is 0 Å². The summed E-state index contributed by atoms with van der Waals surface area (Å²) in [7, 11) is 0. The third kappa shape index (κ3) is 4.69. The molecule has 0 radical (unpaired) electrons. The second kappa shape index (κ2) is 5.68. The number of aliphatic hydroxyl groups is 1. The topological polar surface area (TPSA) is 20.2 Å². The van der Waals surface area contributed by atoms with E-state index in [-0.39, 0.29) is 6.10 Å². The average Bonchev–Trinajstić information content (AvgIpc) is 2.08. The maximum absolute atomic E-state index is 9.05. The number of thioether (sulfide) groups is 1. The standard InChI is InChI=1S/C10H13BrOS/c1-8(12)6-7-13-10-4-2-9(11)3-5-10/h2-5,8,12H,6-7H2,1H3. The molecule has 1 N–H and O–H groups in total. The summed E-state index contributed by atoms with van der Waals surface area (Å²) >= 11 is 5.16. The second-order valence-corrected chi connectivity index (χ2v) is 5.02. The van der Waals surface area contributed by atoms with Gasteiger partial charge in [-0.1, -0.05) is 15.9 Å². The number of halogens is 1. The summed E-state index contributed by atoms with van der Waals surface area (Å²) in [5.74, 6) is 0.972. The lowest BCUT2D eigenvalue weighted by Gasteiger charge is -2.03. The number of rotatable bonds is 4. The van der Waals surface area contributed by atoms with Gasteiger partial charge in [0, 0.05) is 15.1 Å². The first kappa shape index (κ1) is 11.1. The molecule has 0 saturated heterocycles. The monoisotopic (exact) mass is 260 g/mol. The minimum absolute atomic E-state index is 0.192. The van der Waals surface area contributed by atoms with Gasteiger partial charge in [-0.05, 0) is 37.6 Å². The Morgan fingerprint density at radius 2 is 2.00 bits per heavy atom. The minimum Gasteiger partial charge on any atom is -0.393 e. The molecule has 0 aliphatic carbocycles. The van der Waals surface area contributed by atoms with Crippen LogP contribution in [0.5, 0.6) is 0 Å². The zero-order valence-electron chi connectivity index (χ0n) is 7.53. The van der Waals surface area contributed by atoms with Crippen LogP contribution in [0.3, 0.4) is 0 Å². The Kier molecular flexibility index (Phi) is 4.84. The Bertz CT molecular complexity index is 246. The van der Waals surface area contributed by atoms with Crippen LogP contribution in [0.1, 0.15) is 13.3 Å². The lowest BCUT2D eigenvalue weighted by atomic mass is 10.3. The van der Waals surface area contributed by atoms with E-state index in [1.54, 1.807) is 11.8 Å². The lowest BCUT2D eigenvalue weighted by Crippen LogP contribution is -2.00. The van der Waals surface area contributed by atoms with Gasteiger partial charge in [-0.15, -0.1) is 11.8 Å². The molecule has 1 aromatic rings.